The summed E-state index contributed by atoms with van der Waals surface area (Å²) in [5.41, 5.74) is 2.44. The summed E-state index contributed by atoms with van der Waals surface area (Å²) in [4.78, 5) is 12.1. The fraction of sp³-hybridized carbons (Fsp3) is 0.188. The molecule has 0 heterocycles. The van der Waals surface area contributed by atoms with Crippen LogP contribution in [0.15, 0.2) is 46.9 Å². The van der Waals surface area contributed by atoms with E-state index in [-0.39, 0.29) is 11.7 Å². The van der Waals surface area contributed by atoms with Gasteiger partial charge in [-0.25, -0.2) is 4.39 Å². The average Bonchev–Trinajstić information content (AvgIpc) is 2.45. The first-order chi connectivity index (χ1) is 10.1. The molecule has 0 aromatic heterocycles. The summed E-state index contributed by atoms with van der Waals surface area (Å²) in [6.45, 7) is 0.936. The van der Waals surface area contributed by atoms with Crippen molar-refractivity contribution in [2.24, 2.45) is 0 Å². The molecule has 0 saturated carbocycles. The van der Waals surface area contributed by atoms with E-state index in [4.69, 9.17) is 4.74 Å². The summed E-state index contributed by atoms with van der Waals surface area (Å²) < 4.78 is 18.5. The van der Waals surface area contributed by atoms with E-state index >= 15 is 0 Å². The summed E-state index contributed by atoms with van der Waals surface area (Å²) in [7, 11) is 1.64. The number of nitrogens with one attached hydrogen (secondary N) is 1. The van der Waals surface area contributed by atoms with Gasteiger partial charge in [-0.05, 0) is 45.3 Å². The van der Waals surface area contributed by atoms with Crippen LogP contribution in [0.3, 0.4) is 0 Å². The van der Waals surface area contributed by atoms with Gasteiger partial charge in [0, 0.05) is 18.1 Å². The highest BCUT2D eigenvalue weighted by Gasteiger charge is 2.10. The van der Waals surface area contributed by atoms with Gasteiger partial charge in [-0.3, -0.25) is 4.79 Å². The van der Waals surface area contributed by atoms with Crippen molar-refractivity contribution in [1.82, 2.24) is 5.32 Å². The lowest BCUT2D eigenvalue weighted by atomic mass is 10.1. The molecule has 0 radical (unpaired) electrons. The number of ether oxygens (including phenoxy) is 1. The predicted octanol–water partition coefficient (Wildman–Crippen LogP) is 3.66. The lowest BCUT2D eigenvalue weighted by molar-refractivity contribution is 0.0950. The fourth-order valence-corrected chi connectivity index (χ4v) is 2.48. The Labute approximate surface area is 131 Å². The fourth-order valence-electron chi connectivity index (χ4n) is 1.95. The molecule has 2 aromatic rings. The second-order valence-corrected chi connectivity index (χ2v) is 5.41. The van der Waals surface area contributed by atoms with Crippen LogP contribution in [-0.2, 0) is 17.9 Å². The molecule has 3 nitrogen and oxygen atoms in total. The Hall–Kier alpha value is -1.72. The second kappa shape index (κ2) is 7.33. The quantitative estimate of drug-likeness (QED) is 0.892. The molecule has 0 aliphatic heterocycles. The number of carbonyl (C=O) groups excluding carboxylic acids is 1. The molecule has 0 saturated heterocycles. The summed E-state index contributed by atoms with van der Waals surface area (Å²) >= 11 is 3.19. The smallest absolute Gasteiger partial charge is 0.252 e. The van der Waals surface area contributed by atoms with Crippen LogP contribution in [0.4, 0.5) is 4.39 Å². The molecule has 0 aliphatic carbocycles. The molecule has 0 atom stereocenters. The van der Waals surface area contributed by atoms with Crippen molar-refractivity contribution in [1.29, 1.82) is 0 Å². The zero-order valence-electron chi connectivity index (χ0n) is 11.5. The van der Waals surface area contributed by atoms with E-state index in [1.165, 1.54) is 18.2 Å². The Bertz CT molecular complexity index is 646. The van der Waals surface area contributed by atoms with Crippen LogP contribution in [0.5, 0.6) is 0 Å². The van der Waals surface area contributed by atoms with Crippen molar-refractivity contribution in [3.05, 3.63) is 69.4 Å². The van der Waals surface area contributed by atoms with Crippen LogP contribution in [0.25, 0.3) is 0 Å². The Morgan fingerprint density at radius 1 is 1.24 bits per heavy atom. The molecule has 2 aromatic carbocycles. The molecule has 0 fully saturated rings. The van der Waals surface area contributed by atoms with Gasteiger partial charge in [0.1, 0.15) is 5.82 Å². The molecule has 21 heavy (non-hydrogen) atoms. The van der Waals surface area contributed by atoms with Crippen molar-refractivity contribution in [2.45, 2.75) is 13.2 Å². The second-order valence-electron chi connectivity index (χ2n) is 4.56. The van der Waals surface area contributed by atoms with Gasteiger partial charge >= 0.3 is 0 Å². The van der Waals surface area contributed by atoms with Gasteiger partial charge in [0.05, 0.1) is 12.2 Å². The molecule has 110 valence electrons. The Morgan fingerprint density at radius 2 is 2.00 bits per heavy atom. The lowest BCUT2D eigenvalue weighted by Gasteiger charge is -2.08. The molecular weight excluding hydrogens is 337 g/mol. The zero-order chi connectivity index (χ0) is 15.2. The normalized spacial score (nSPS) is 10.4. The number of methoxy groups -OCH3 is 1. The molecule has 2 rings (SSSR count). The minimum absolute atomic E-state index is 0.251. The van der Waals surface area contributed by atoms with Crippen LogP contribution >= 0.6 is 15.9 Å². The molecular formula is C16H15BrFNO2. The van der Waals surface area contributed by atoms with Crippen molar-refractivity contribution in [2.75, 3.05) is 7.11 Å². The number of halogens is 2. The number of benzene rings is 2. The van der Waals surface area contributed by atoms with Gasteiger partial charge in [-0.2, -0.15) is 0 Å². The molecule has 0 spiro atoms. The van der Waals surface area contributed by atoms with E-state index in [0.29, 0.717) is 23.2 Å². The highest BCUT2D eigenvalue weighted by Crippen LogP contribution is 2.18. The first kappa shape index (κ1) is 15.7. The maximum atomic E-state index is 13.0. The van der Waals surface area contributed by atoms with Crippen LogP contribution < -0.4 is 5.32 Å². The molecule has 0 aliphatic rings. The number of hydrogen-bond acceptors (Lipinski definition) is 2. The number of rotatable bonds is 5. The molecule has 5 heteroatoms. The van der Waals surface area contributed by atoms with Gasteiger partial charge in [-0.15, -0.1) is 0 Å². The highest BCUT2D eigenvalue weighted by atomic mass is 79.9. The Kier molecular flexibility index (Phi) is 5.47. The van der Waals surface area contributed by atoms with Crippen molar-refractivity contribution in [3.63, 3.8) is 0 Å². The number of carbonyl (C=O) groups is 1. The van der Waals surface area contributed by atoms with E-state index in [9.17, 15) is 9.18 Å². The average molecular weight is 352 g/mol. The van der Waals surface area contributed by atoms with E-state index in [1.807, 2.05) is 24.3 Å². The first-order valence-corrected chi connectivity index (χ1v) is 7.19. The van der Waals surface area contributed by atoms with Crippen molar-refractivity contribution < 1.29 is 13.9 Å². The van der Waals surface area contributed by atoms with Gasteiger partial charge in [0.15, 0.2) is 0 Å². The third-order valence-electron chi connectivity index (χ3n) is 2.93. The predicted molar refractivity (Wildman–Crippen MR) is 82.4 cm³/mol. The van der Waals surface area contributed by atoms with Crippen LogP contribution in [0, 0.1) is 5.82 Å². The number of hydrogen-bond donors (Lipinski definition) is 1. The van der Waals surface area contributed by atoms with E-state index in [2.05, 4.69) is 21.2 Å². The van der Waals surface area contributed by atoms with Gasteiger partial charge in [0.2, 0.25) is 0 Å². The van der Waals surface area contributed by atoms with Gasteiger partial charge < -0.3 is 10.1 Å². The summed E-state index contributed by atoms with van der Waals surface area (Å²) in [6, 6.07) is 11.8. The highest BCUT2D eigenvalue weighted by molar-refractivity contribution is 9.10. The summed E-state index contributed by atoms with van der Waals surface area (Å²) in [6.07, 6.45) is 0. The van der Waals surface area contributed by atoms with E-state index < -0.39 is 0 Å². The summed E-state index contributed by atoms with van der Waals surface area (Å²) in [5.74, 6) is -0.635. The molecule has 1 amide bonds. The van der Waals surface area contributed by atoms with Crippen molar-refractivity contribution in [3.8, 4) is 0 Å². The molecule has 0 bridgehead atoms. The van der Waals surface area contributed by atoms with Crippen LogP contribution in [0.2, 0.25) is 0 Å². The summed E-state index contributed by atoms with van der Waals surface area (Å²) in [5, 5.41) is 2.81. The zero-order valence-corrected chi connectivity index (χ0v) is 13.1. The maximum Gasteiger partial charge on any atom is 0.252 e. The third kappa shape index (κ3) is 4.37. The molecule has 1 N–H and O–H groups in total. The SMILES string of the molecule is COCc1cccc(CNC(=O)c2ccc(F)cc2Br)c1. The topological polar surface area (TPSA) is 38.3 Å². The Balaban J connectivity index is 2.02. The molecule has 0 unspecified atom stereocenters. The third-order valence-corrected chi connectivity index (χ3v) is 3.59. The van der Waals surface area contributed by atoms with E-state index in [1.54, 1.807) is 7.11 Å². The number of amides is 1. The van der Waals surface area contributed by atoms with Crippen LogP contribution in [-0.4, -0.2) is 13.0 Å². The van der Waals surface area contributed by atoms with Gasteiger partial charge in [-0.1, -0.05) is 24.3 Å². The first-order valence-electron chi connectivity index (χ1n) is 6.40. The Morgan fingerprint density at radius 3 is 2.71 bits per heavy atom. The largest absolute Gasteiger partial charge is 0.380 e. The van der Waals surface area contributed by atoms with E-state index in [0.717, 1.165) is 11.1 Å². The van der Waals surface area contributed by atoms with Crippen LogP contribution in [0.1, 0.15) is 21.5 Å². The minimum Gasteiger partial charge on any atom is -0.380 e. The van der Waals surface area contributed by atoms with Gasteiger partial charge in [0.25, 0.3) is 5.91 Å². The lowest BCUT2D eigenvalue weighted by Crippen LogP contribution is -2.23. The minimum atomic E-state index is -0.384. The standard InChI is InChI=1S/C16H15BrFNO2/c1-21-10-12-4-2-3-11(7-12)9-19-16(20)14-6-5-13(18)8-15(14)17/h2-8H,9-10H2,1H3,(H,19,20). The van der Waals surface area contributed by atoms with Crippen molar-refractivity contribution >= 4 is 21.8 Å². The monoisotopic (exact) mass is 351 g/mol. The maximum absolute atomic E-state index is 13.0.